The van der Waals surface area contributed by atoms with E-state index < -0.39 is 5.43 Å². The summed E-state index contributed by atoms with van der Waals surface area (Å²) in [6, 6.07) is 14.5. The van der Waals surface area contributed by atoms with E-state index in [4.69, 9.17) is 16.3 Å². The molecule has 2 nitrogen and oxygen atoms in total. The van der Waals surface area contributed by atoms with Gasteiger partial charge in [0.25, 0.3) is 0 Å². The first kappa shape index (κ1) is 11.3. The molecule has 0 aliphatic heterocycles. The Bertz CT molecular complexity index is 620. The van der Waals surface area contributed by atoms with E-state index >= 15 is 0 Å². The third kappa shape index (κ3) is 2.00. The second kappa shape index (κ2) is 4.46. The van der Waals surface area contributed by atoms with Crippen molar-refractivity contribution in [3.8, 4) is 11.1 Å². The smallest absolute Gasteiger partial charge is 0.404 e. The van der Waals surface area contributed by atoms with Gasteiger partial charge in [-0.15, -0.1) is 0 Å². The lowest BCUT2D eigenvalue weighted by Gasteiger charge is -2.05. The lowest BCUT2D eigenvalue weighted by Crippen LogP contribution is -1.95. The van der Waals surface area contributed by atoms with Crippen molar-refractivity contribution in [3.63, 3.8) is 0 Å². The van der Waals surface area contributed by atoms with E-state index in [0.717, 1.165) is 12.0 Å². The Hall–Kier alpha value is -1.80. The van der Waals surface area contributed by atoms with Crippen LogP contribution in [-0.4, -0.2) is 5.43 Å². The zero-order chi connectivity index (χ0) is 12.5. The lowest BCUT2D eigenvalue weighted by molar-refractivity contribution is 0.167. The molecule has 3 rings (SSSR count). The van der Waals surface area contributed by atoms with Crippen LogP contribution < -0.4 is 0 Å². The monoisotopic (exact) mass is 258 g/mol. The maximum Gasteiger partial charge on any atom is 0.404 e. The van der Waals surface area contributed by atoms with Gasteiger partial charge < -0.3 is 4.74 Å². The van der Waals surface area contributed by atoms with Crippen molar-refractivity contribution in [2.75, 3.05) is 0 Å². The molecule has 0 fully saturated rings. The van der Waals surface area contributed by atoms with Gasteiger partial charge in [0.2, 0.25) is 0 Å². The van der Waals surface area contributed by atoms with E-state index in [-0.39, 0.29) is 6.61 Å². The van der Waals surface area contributed by atoms with Gasteiger partial charge in [0.05, 0.1) is 0 Å². The van der Waals surface area contributed by atoms with Crippen molar-refractivity contribution in [2.45, 2.75) is 13.0 Å². The third-order valence-electron chi connectivity index (χ3n) is 3.22. The van der Waals surface area contributed by atoms with Gasteiger partial charge in [0.15, 0.2) is 0 Å². The number of halogens is 1. The van der Waals surface area contributed by atoms with Crippen LogP contribution in [0.25, 0.3) is 11.1 Å². The Morgan fingerprint density at radius 2 is 1.89 bits per heavy atom. The number of hydrogen-bond donors (Lipinski definition) is 0. The molecule has 18 heavy (non-hydrogen) atoms. The second-order valence-corrected chi connectivity index (χ2v) is 4.66. The SMILES string of the molecule is O=C(Cl)OCc1ccc2c(c1)-c1ccccc1C2. The molecule has 0 atom stereocenters. The molecule has 2 aromatic carbocycles. The molecule has 3 heteroatoms. The van der Waals surface area contributed by atoms with Crippen LogP contribution in [0, 0.1) is 0 Å². The fourth-order valence-electron chi connectivity index (χ4n) is 2.40. The summed E-state index contributed by atoms with van der Waals surface area (Å²) in [6.07, 6.45) is 0.973. The minimum atomic E-state index is -0.768. The highest BCUT2D eigenvalue weighted by molar-refractivity contribution is 6.61. The second-order valence-electron chi connectivity index (χ2n) is 4.35. The van der Waals surface area contributed by atoms with E-state index in [0.29, 0.717) is 0 Å². The van der Waals surface area contributed by atoms with Gasteiger partial charge in [0, 0.05) is 11.6 Å². The minimum Gasteiger partial charge on any atom is -0.449 e. The van der Waals surface area contributed by atoms with E-state index in [1.165, 1.54) is 22.3 Å². The van der Waals surface area contributed by atoms with Gasteiger partial charge in [-0.1, -0.05) is 36.4 Å². The molecule has 2 aromatic rings. The number of hydrogen-bond acceptors (Lipinski definition) is 2. The van der Waals surface area contributed by atoms with Crippen LogP contribution in [0.5, 0.6) is 0 Å². The molecule has 0 bridgehead atoms. The zero-order valence-electron chi connectivity index (χ0n) is 9.65. The van der Waals surface area contributed by atoms with Crippen molar-refractivity contribution in [1.82, 2.24) is 0 Å². The fourth-order valence-corrected chi connectivity index (χ4v) is 2.46. The molecule has 0 aromatic heterocycles. The number of benzene rings is 2. The van der Waals surface area contributed by atoms with Gasteiger partial charge >= 0.3 is 5.43 Å². The molecule has 0 heterocycles. The van der Waals surface area contributed by atoms with Crippen molar-refractivity contribution in [1.29, 1.82) is 0 Å². The summed E-state index contributed by atoms with van der Waals surface area (Å²) in [6.45, 7) is 0.220. The molecule has 0 amide bonds. The molecular weight excluding hydrogens is 248 g/mol. The lowest BCUT2D eigenvalue weighted by atomic mass is 10.0. The summed E-state index contributed by atoms with van der Waals surface area (Å²) < 4.78 is 4.80. The van der Waals surface area contributed by atoms with Crippen molar-refractivity contribution in [3.05, 3.63) is 59.2 Å². The topological polar surface area (TPSA) is 26.3 Å². The predicted octanol–water partition coefficient (Wildman–Crippen LogP) is 4.13. The molecular formula is C15H11ClO2. The van der Waals surface area contributed by atoms with E-state index in [1.807, 2.05) is 12.1 Å². The fraction of sp³-hybridized carbons (Fsp3) is 0.133. The molecule has 1 aliphatic rings. The minimum absolute atomic E-state index is 0.220. The van der Waals surface area contributed by atoms with Gasteiger partial charge in [-0.25, -0.2) is 4.79 Å². The van der Waals surface area contributed by atoms with E-state index in [9.17, 15) is 4.79 Å². The van der Waals surface area contributed by atoms with Crippen LogP contribution in [0.1, 0.15) is 16.7 Å². The first-order chi connectivity index (χ1) is 8.74. The molecule has 0 unspecified atom stereocenters. The quantitative estimate of drug-likeness (QED) is 0.646. The van der Waals surface area contributed by atoms with E-state index in [2.05, 4.69) is 30.3 Å². The van der Waals surface area contributed by atoms with Gasteiger partial charge in [-0.2, -0.15) is 0 Å². The standard InChI is InChI=1S/C15H11ClO2/c16-15(17)18-9-10-5-6-12-8-11-3-1-2-4-13(11)14(12)7-10/h1-7H,8-9H2. The van der Waals surface area contributed by atoms with Crippen LogP contribution in [0.4, 0.5) is 4.79 Å². The summed E-state index contributed by atoms with van der Waals surface area (Å²) in [4.78, 5) is 10.6. The molecule has 0 saturated carbocycles. The van der Waals surface area contributed by atoms with Gasteiger partial charge in [0.1, 0.15) is 6.61 Å². The first-order valence-corrected chi connectivity index (χ1v) is 6.14. The zero-order valence-corrected chi connectivity index (χ0v) is 10.4. The molecule has 0 saturated heterocycles. The summed E-state index contributed by atoms with van der Waals surface area (Å²) in [7, 11) is 0. The number of rotatable bonds is 2. The number of ether oxygens (including phenoxy) is 1. The van der Waals surface area contributed by atoms with Crippen LogP contribution >= 0.6 is 11.6 Å². The highest BCUT2D eigenvalue weighted by atomic mass is 35.5. The van der Waals surface area contributed by atoms with Crippen molar-refractivity contribution < 1.29 is 9.53 Å². The Kier molecular flexibility index (Phi) is 2.80. The normalized spacial score (nSPS) is 11.8. The average Bonchev–Trinajstić information content (AvgIpc) is 2.74. The van der Waals surface area contributed by atoms with E-state index in [1.54, 1.807) is 0 Å². The number of carbonyl (C=O) groups is 1. The first-order valence-electron chi connectivity index (χ1n) is 5.76. The summed E-state index contributed by atoms with van der Waals surface area (Å²) in [5, 5.41) is 0. The molecule has 0 N–H and O–H groups in total. The average molecular weight is 259 g/mol. The van der Waals surface area contributed by atoms with Crippen LogP contribution in [0.2, 0.25) is 0 Å². The summed E-state index contributed by atoms with van der Waals surface area (Å²) >= 11 is 5.16. The maximum atomic E-state index is 10.6. The van der Waals surface area contributed by atoms with Gasteiger partial charge in [-0.05, 0) is 40.3 Å². The van der Waals surface area contributed by atoms with Crippen molar-refractivity contribution in [2.24, 2.45) is 0 Å². The Morgan fingerprint density at radius 3 is 2.72 bits per heavy atom. The van der Waals surface area contributed by atoms with Crippen LogP contribution in [0.15, 0.2) is 42.5 Å². The number of carbonyl (C=O) groups excluding carboxylic acids is 1. The largest absolute Gasteiger partial charge is 0.449 e. The van der Waals surface area contributed by atoms with Crippen LogP contribution in [-0.2, 0) is 17.8 Å². The molecule has 0 radical (unpaired) electrons. The van der Waals surface area contributed by atoms with Gasteiger partial charge in [-0.3, -0.25) is 0 Å². The summed E-state index contributed by atoms with van der Waals surface area (Å²) in [5.41, 5.74) is 5.35. The Morgan fingerprint density at radius 1 is 1.11 bits per heavy atom. The maximum absolute atomic E-state index is 10.6. The van der Waals surface area contributed by atoms with Crippen LogP contribution in [0.3, 0.4) is 0 Å². The molecule has 90 valence electrons. The number of fused-ring (bicyclic) bond motifs is 3. The highest BCUT2D eigenvalue weighted by Crippen LogP contribution is 2.36. The summed E-state index contributed by atoms with van der Waals surface area (Å²) in [5.74, 6) is 0. The highest BCUT2D eigenvalue weighted by Gasteiger charge is 2.17. The molecule has 1 aliphatic carbocycles. The Balaban J connectivity index is 1.95. The molecule has 0 spiro atoms. The Labute approximate surface area is 110 Å². The third-order valence-corrected chi connectivity index (χ3v) is 3.32. The predicted molar refractivity (Wildman–Crippen MR) is 70.7 cm³/mol. The van der Waals surface area contributed by atoms with Crippen molar-refractivity contribution >= 4 is 17.0 Å².